The normalized spacial score (nSPS) is 20.2. The summed E-state index contributed by atoms with van der Waals surface area (Å²) in [4.78, 5) is 0. The SMILES string of the molecule is Bc1ccc(C#Cc2ccc(C3CCC(B)CC3)cc2)c(P)c1P. The van der Waals surface area contributed by atoms with Crippen molar-refractivity contribution < 1.29 is 0 Å². The Bertz CT molecular complexity index is 780. The quantitative estimate of drug-likeness (QED) is 0.416. The molecular formula is C20H24B2P2. The maximum Gasteiger partial charge on any atom is 0.140 e. The molecule has 0 radical (unpaired) electrons. The van der Waals surface area contributed by atoms with Crippen molar-refractivity contribution in [3.8, 4) is 11.8 Å². The van der Waals surface area contributed by atoms with Gasteiger partial charge in [-0.2, -0.15) is 0 Å². The highest BCUT2D eigenvalue weighted by Gasteiger charge is 2.19. The largest absolute Gasteiger partial charge is 0.140 e. The van der Waals surface area contributed by atoms with Crippen LogP contribution in [-0.2, 0) is 0 Å². The lowest BCUT2D eigenvalue weighted by molar-refractivity contribution is 0.444. The zero-order valence-corrected chi connectivity index (χ0v) is 16.9. The number of hydrogen-bond donors (Lipinski definition) is 0. The summed E-state index contributed by atoms with van der Waals surface area (Å²) in [5, 5.41) is 2.41. The third-order valence-corrected chi connectivity index (χ3v) is 6.97. The van der Waals surface area contributed by atoms with Gasteiger partial charge in [0.05, 0.1) is 0 Å². The molecule has 24 heavy (non-hydrogen) atoms. The van der Waals surface area contributed by atoms with Crippen LogP contribution in [0.25, 0.3) is 0 Å². The Morgan fingerprint density at radius 1 is 0.833 bits per heavy atom. The van der Waals surface area contributed by atoms with Crippen molar-refractivity contribution in [2.45, 2.75) is 37.4 Å². The smallest absolute Gasteiger partial charge is 0.106 e. The van der Waals surface area contributed by atoms with Crippen LogP contribution in [0.2, 0.25) is 5.82 Å². The predicted molar refractivity (Wildman–Crippen MR) is 119 cm³/mol. The van der Waals surface area contributed by atoms with Crippen molar-refractivity contribution in [3.63, 3.8) is 0 Å². The molecule has 0 spiro atoms. The van der Waals surface area contributed by atoms with Crippen molar-refractivity contribution in [2.75, 3.05) is 0 Å². The van der Waals surface area contributed by atoms with E-state index in [1.165, 1.54) is 47.3 Å². The summed E-state index contributed by atoms with van der Waals surface area (Å²) in [5.41, 5.74) is 4.95. The first-order valence-corrected chi connectivity index (χ1v) is 9.96. The molecule has 0 N–H and O–H groups in total. The molecule has 120 valence electrons. The van der Waals surface area contributed by atoms with Crippen molar-refractivity contribution >= 4 is 50.2 Å². The zero-order valence-electron chi connectivity index (χ0n) is 14.6. The minimum absolute atomic E-state index is 0.749. The lowest BCUT2D eigenvalue weighted by atomic mass is 9.70. The first-order valence-electron chi connectivity index (χ1n) is 8.81. The predicted octanol–water partition coefficient (Wildman–Crippen LogP) is 1.42. The Balaban J connectivity index is 1.75. The lowest BCUT2D eigenvalue weighted by Gasteiger charge is -2.26. The second-order valence-electron chi connectivity index (χ2n) is 7.09. The van der Waals surface area contributed by atoms with E-state index in [-0.39, 0.29) is 0 Å². The molecule has 1 aliphatic carbocycles. The van der Waals surface area contributed by atoms with Crippen LogP contribution in [0.15, 0.2) is 36.4 Å². The first-order chi connectivity index (χ1) is 11.5. The molecule has 0 aromatic heterocycles. The van der Waals surface area contributed by atoms with E-state index in [4.69, 9.17) is 0 Å². The van der Waals surface area contributed by atoms with Crippen LogP contribution in [0.4, 0.5) is 0 Å². The van der Waals surface area contributed by atoms with E-state index in [1.807, 2.05) is 0 Å². The van der Waals surface area contributed by atoms with Crippen LogP contribution in [0, 0.1) is 11.8 Å². The highest BCUT2D eigenvalue weighted by atomic mass is 31.0. The molecule has 2 aromatic rings. The third-order valence-electron chi connectivity index (χ3n) is 5.24. The van der Waals surface area contributed by atoms with E-state index in [2.05, 4.69) is 82.4 Å². The van der Waals surface area contributed by atoms with Gasteiger partial charge in [0, 0.05) is 11.1 Å². The summed E-state index contributed by atoms with van der Waals surface area (Å²) in [6.45, 7) is 0. The molecule has 2 aromatic carbocycles. The van der Waals surface area contributed by atoms with Gasteiger partial charge in [-0.3, -0.25) is 0 Å². The second-order valence-corrected chi connectivity index (χ2v) is 8.24. The molecule has 0 saturated heterocycles. The average molecular weight is 348 g/mol. The van der Waals surface area contributed by atoms with Crippen LogP contribution in [-0.4, -0.2) is 15.7 Å². The third kappa shape index (κ3) is 4.14. The summed E-state index contributed by atoms with van der Waals surface area (Å²) in [5.74, 6) is 8.29. The highest BCUT2D eigenvalue weighted by Crippen LogP contribution is 2.36. The fourth-order valence-electron chi connectivity index (χ4n) is 3.43. The maximum absolute atomic E-state index is 3.32. The molecule has 2 atom stereocenters. The van der Waals surface area contributed by atoms with Crippen molar-refractivity contribution in [1.82, 2.24) is 0 Å². The molecule has 0 heterocycles. The molecule has 2 unspecified atom stereocenters. The van der Waals surface area contributed by atoms with E-state index in [0.717, 1.165) is 22.9 Å². The van der Waals surface area contributed by atoms with Gasteiger partial charge in [0.2, 0.25) is 0 Å². The monoisotopic (exact) mass is 348 g/mol. The van der Waals surface area contributed by atoms with Gasteiger partial charge in [-0.25, -0.2) is 0 Å². The Hall–Kier alpha value is -1.01. The van der Waals surface area contributed by atoms with Crippen molar-refractivity contribution in [2.24, 2.45) is 0 Å². The first kappa shape index (κ1) is 17.8. The summed E-state index contributed by atoms with van der Waals surface area (Å²) in [6.07, 6.45) is 5.41. The molecule has 3 rings (SSSR count). The number of rotatable bonds is 1. The fourth-order valence-corrected chi connectivity index (χ4v) is 4.07. The molecular weight excluding hydrogens is 324 g/mol. The highest BCUT2D eigenvalue weighted by molar-refractivity contribution is 7.36. The minimum Gasteiger partial charge on any atom is -0.106 e. The summed E-state index contributed by atoms with van der Waals surface area (Å²) >= 11 is 0. The number of hydrogen-bond acceptors (Lipinski definition) is 0. The van der Waals surface area contributed by atoms with E-state index in [1.54, 1.807) is 0 Å². The summed E-state index contributed by atoms with van der Waals surface area (Å²) in [7, 11) is 10.1. The minimum atomic E-state index is 0.749. The van der Waals surface area contributed by atoms with Gasteiger partial charge in [-0.15, -0.1) is 18.5 Å². The molecule has 0 amide bonds. The van der Waals surface area contributed by atoms with Crippen LogP contribution in [0.5, 0.6) is 0 Å². The van der Waals surface area contributed by atoms with Gasteiger partial charge >= 0.3 is 0 Å². The molecule has 0 aliphatic heterocycles. The number of benzene rings is 2. The van der Waals surface area contributed by atoms with Gasteiger partial charge in [0.1, 0.15) is 15.7 Å². The van der Waals surface area contributed by atoms with Crippen LogP contribution < -0.4 is 16.1 Å². The molecule has 0 nitrogen and oxygen atoms in total. The average Bonchev–Trinajstić information content (AvgIpc) is 2.60. The van der Waals surface area contributed by atoms with Crippen LogP contribution in [0.3, 0.4) is 0 Å². The maximum atomic E-state index is 3.32. The zero-order chi connectivity index (χ0) is 17.1. The topological polar surface area (TPSA) is 0 Å². The Morgan fingerprint density at radius 3 is 2.17 bits per heavy atom. The lowest BCUT2D eigenvalue weighted by Crippen LogP contribution is -2.30. The summed E-state index contributed by atoms with van der Waals surface area (Å²) < 4.78 is 0. The Labute approximate surface area is 152 Å². The fraction of sp³-hybridized carbons (Fsp3) is 0.300. The Kier molecular flexibility index (Phi) is 5.87. The second kappa shape index (κ2) is 7.91. The van der Waals surface area contributed by atoms with E-state index in [0.29, 0.717) is 0 Å². The van der Waals surface area contributed by atoms with Gasteiger partial charge in [0.15, 0.2) is 0 Å². The van der Waals surface area contributed by atoms with Gasteiger partial charge < -0.3 is 0 Å². The standard InChI is InChI=1S/C20H24B2P2/c21-17-10-7-15(8-11-17)14-4-1-13(2-5-14)3-6-16-9-12-18(22)20(24)19(16)23/h1-2,4-5,9,12,15,17H,7-8,10-11,21-24H2. The van der Waals surface area contributed by atoms with Gasteiger partial charge in [-0.1, -0.05) is 54.2 Å². The van der Waals surface area contributed by atoms with E-state index >= 15 is 0 Å². The molecule has 1 aliphatic rings. The Morgan fingerprint density at radius 2 is 1.50 bits per heavy atom. The van der Waals surface area contributed by atoms with Crippen LogP contribution >= 0.6 is 18.5 Å². The van der Waals surface area contributed by atoms with E-state index in [9.17, 15) is 0 Å². The summed E-state index contributed by atoms with van der Waals surface area (Å²) in [6, 6.07) is 13.2. The molecule has 1 fully saturated rings. The van der Waals surface area contributed by atoms with Crippen LogP contribution in [0.1, 0.15) is 48.3 Å². The molecule has 0 bridgehead atoms. The van der Waals surface area contributed by atoms with Crippen molar-refractivity contribution in [3.05, 3.63) is 53.1 Å². The molecule has 1 saturated carbocycles. The van der Waals surface area contributed by atoms with Crippen molar-refractivity contribution in [1.29, 1.82) is 0 Å². The van der Waals surface area contributed by atoms with Gasteiger partial charge in [0.25, 0.3) is 0 Å². The molecule has 4 heteroatoms. The van der Waals surface area contributed by atoms with E-state index < -0.39 is 0 Å². The van der Waals surface area contributed by atoms with Gasteiger partial charge in [-0.05, 0) is 53.1 Å².